The molecular weight excluding hydrogens is 448 g/mol. The molecule has 0 atom stereocenters. The number of amides is 2. The van der Waals surface area contributed by atoms with Crippen LogP contribution in [0.15, 0.2) is 29.2 Å². The lowest BCUT2D eigenvalue weighted by Gasteiger charge is -2.15. The van der Waals surface area contributed by atoms with Gasteiger partial charge in [0, 0.05) is 24.3 Å². The second-order valence-corrected chi connectivity index (χ2v) is 10.1. The van der Waals surface area contributed by atoms with Gasteiger partial charge in [0.05, 0.1) is 16.6 Å². The van der Waals surface area contributed by atoms with Crippen LogP contribution in [0.4, 0.5) is 0 Å². The highest BCUT2D eigenvalue weighted by atomic mass is 32.2. The Morgan fingerprint density at radius 3 is 2.15 bits per heavy atom. The van der Waals surface area contributed by atoms with Crippen LogP contribution < -0.4 is 10.9 Å². The Balaban J connectivity index is 1.65. The molecule has 2 heterocycles. The van der Waals surface area contributed by atoms with E-state index in [1.165, 1.54) is 28.6 Å². The fourth-order valence-electron chi connectivity index (χ4n) is 3.66. The van der Waals surface area contributed by atoms with Gasteiger partial charge in [0.1, 0.15) is 5.69 Å². The van der Waals surface area contributed by atoms with Crippen molar-refractivity contribution in [3.63, 3.8) is 0 Å². The standard InChI is InChI=1S/C22H28N4O6S/c1-13(2)32-22(29)18-14(3)19(23-15(18)4)21(28)25-24-20(27)16-7-9-17(10-8-16)33(30,31)26-11-5-6-12-26/h7-10,13,23H,5-6,11-12H2,1-4H3,(H,24,27)(H,25,28). The molecule has 2 aromatic rings. The minimum atomic E-state index is -3.57. The number of carbonyl (C=O) groups is 3. The smallest absolute Gasteiger partial charge is 0.340 e. The number of ether oxygens (including phenoxy) is 1. The molecule has 33 heavy (non-hydrogen) atoms. The molecule has 0 bridgehead atoms. The molecule has 3 rings (SSSR count). The van der Waals surface area contributed by atoms with Crippen LogP contribution in [0.25, 0.3) is 0 Å². The van der Waals surface area contributed by atoms with Gasteiger partial charge in [-0.1, -0.05) is 0 Å². The van der Waals surface area contributed by atoms with Gasteiger partial charge >= 0.3 is 5.97 Å². The number of hydrazine groups is 1. The first-order chi connectivity index (χ1) is 15.5. The zero-order valence-corrected chi connectivity index (χ0v) is 19.8. The van der Waals surface area contributed by atoms with E-state index >= 15 is 0 Å². The molecule has 0 saturated carbocycles. The number of esters is 1. The van der Waals surface area contributed by atoms with E-state index in [4.69, 9.17) is 4.74 Å². The first kappa shape index (κ1) is 24.5. The lowest BCUT2D eigenvalue weighted by Crippen LogP contribution is -2.42. The van der Waals surface area contributed by atoms with Gasteiger partial charge in [-0.3, -0.25) is 20.4 Å². The summed E-state index contributed by atoms with van der Waals surface area (Å²) in [4.78, 5) is 40.2. The summed E-state index contributed by atoms with van der Waals surface area (Å²) >= 11 is 0. The van der Waals surface area contributed by atoms with E-state index in [0.717, 1.165) is 12.8 Å². The van der Waals surface area contributed by atoms with E-state index in [0.29, 0.717) is 24.3 Å². The van der Waals surface area contributed by atoms with E-state index in [9.17, 15) is 22.8 Å². The number of hydrogen-bond donors (Lipinski definition) is 3. The molecule has 1 aliphatic heterocycles. The highest BCUT2D eigenvalue weighted by Crippen LogP contribution is 2.21. The third-order valence-corrected chi connectivity index (χ3v) is 7.23. The van der Waals surface area contributed by atoms with Crippen molar-refractivity contribution in [1.82, 2.24) is 20.1 Å². The molecule has 178 valence electrons. The van der Waals surface area contributed by atoms with Crippen molar-refractivity contribution in [2.75, 3.05) is 13.1 Å². The Labute approximate surface area is 192 Å². The topological polar surface area (TPSA) is 138 Å². The number of nitrogens with one attached hydrogen (secondary N) is 3. The number of benzene rings is 1. The zero-order chi connectivity index (χ0) is 24.3. The van der Waals surface area contributed by atoms with Crippen LogP contribution in [0, 0.1) is 13.8 Å². The number of nitrogens with zero attached hydrogens (tertiary/aromatic N) is 1. The molecule has 0 spiro atoms. The molecule has 1 aliphatic rings. The zero-order valence-electron chi connectivity index (χ0n) is 19.0. The highest BCUT2D eigenvalue weighted by Gasteiger charge is 2.27. The van der Waals surface area contributed by atoms with Crippen LogP contribution >= 0.6 is 0 Å². The summed E-state index contributed by atoms with van der Waals surface area (Å²) < 4.78 is 31.8. The molecule has 2 amide bonds. The van der Waals surface area contributed by atoms with Crippen LogP contribution in [0.1, 0.15) is 69.2 Å². The highest BCUT2D eigenvalue weighted by molar-refractivity contribution is 7.89. The van der Waals surface area contributed by atoms with E-state index in [1.807, 2.05) is 0 Å². The fraction of sp³-hybridized carbons (Fsp3) is 0.409. The Bertz CT molecular complexity index is 1160. The van der Waals surface area contributed by atoms with E-state index < -0.39 is 27.8 Å². The van der Waals surface area contributed by atoms with Gasteiger partial charge in [0.2, 0.25) is 10.0 Å². The quantitative estimate of drug-likeness (QED) is 0.431. The Morgan fingerprint density at radius 2 is 1.58 bits per heavy atom. The van der Waals surface area contributed by atoms with Gasteiger partial charge in [-0.25, -0.2) is 13.2 Å². The minimum absolute atomic E-state index is 0.114. The third kappa shape index (κ3) is 5.25. The van der Waals surface area contributed by atoms with Crippen molar-refractivity contribution >= 4 is 27.8 Å². The second kappa shape index (κ2) is 9.75. The average Bonchev–Trinajstić information content (AvgIpc) is 3.40. The number of rotatable bonds is 6. The molecule has 1 fully saturated rings. The predicted octanol–water partition coefficient (Wildman–Crippen LogP) is 2.06. The maximum Gasteiger partial charge on any atom is 0.340 e. The first-order valence-electron chi connectivity index (χ1n) is 10.6. The summed E-state index contributed by atoms with van der Waals surface area (Å²) in [6.07, 6.45) is 1.36. The number of hydrogen-bond acceptors (Lipinski definition) is 6. The van der Waals surface area contributed by atoms with Crippen LogP contribution in [0.2, 0.25) is 0 Å². The normalized spacial score (nSPS) is 14.3. The summed E-state index contributed by atoms with van der Waals surface area (Å²) in [6, 6.07) is 5.51. The van der Waals surface area contributed by atoms with Crippen LogP contribution in [0.3, 0.4) is 0 Å². The largest absolute Gasteiger partial charge is 0.459 e. The maximum atomic E-state index is 12.6. The SMILES string of the molecule is Cc1[nH]c(C(=O)NNC(=O)c2ccc(S(=O)(=O)N3CCCC3)cc2)c(C)c1C(=O)OC(C)C. The third-order valence-electron chi connectivity index (χ3n) is 5.32. The monoisotopic (exact) mass is 476 g/mol. The fourth-order valence-corrected chi connectivity index (χ4v) is 5.18. The van der Waals surface area contributed by atoms with Crippen molar-refractivity contribution < 1.29 is 27.5 Å². The molecule has 0 radical (unpaired) electrons. The molecular formula is C22H28N4O6S. The molecule has 11 heteroatoms. The predicted molar refractivity (Wildman–Crippen MR) is 120 cm³/mol. The summed E-state index contributed by atoms with van der Waals surface area (Å²) in [5.74, 6) is -1.79. The summed E-state index contributed by atoms with van der Waals surface area (Å²) in [5.41, 5.74) is 6.04. The van der Waals surface area contributed by atoms with Crippen molar-refractivity contribution in [3.8, 4) is 0 Å². The number of carbonyl (C=O) groups excluding carboxylic acids is 3. The number of aryl methyl sites for hydroxylation is 1. The number of sulfonamides is 1. The number of H-pyrrole nitrogens is 1. The lowest BCUT2D eigenvalue weighted by molar-refractivity contribution is 0.0376. The van der Waals surface area contributed by atoms with E-state index in [1.54, 1.807) is 27.7 Å². The number of aromatic amines is 1. The van der Waals surface area contributed by atoms with Gasteiger partial charge < -0.3 is 9.72 Å². The Hall–Kier alpha value is -3.18. The van der Waals surface area contributed by atoms with Crippen molar-refractivity contribution in [3.05, 3.63) is 52.3 Å². The molecule has 3 N–H and O–H groups in total. The van der Waals surface area contributed by atoms with Gasteiger partial charge in [-0.05, 0) is 70.4 Å². The van der Waals surface area contributed by atoms with Crippen molar-refractivity contribution in [2.45, 2.75) is 51.5 Å². The van der Waals surface area contributed by atoms with Gasteiger partial charge in [0.25, 0.3) is 11.8 Å². The maximum absolute atomic E-state index is 12.6. The molecule has 0 aliphatic carbocycles. The average molecular weight is 477 g/mol. The molecule has 0 unspecified atom stereocenters. The Kier molecular flexibility index (Phi) is 7.23. The molecule has 1 saturated heterocycles. The van der Waals surface area contributed by atoms with Gasteiger partial charge in [-0.2, -0.15) is 4.31 Å². The second-order valence-electron chi connectivity index (χ2n) is 8.12. The summed E-state index contributed by atoms with van der Waals surface area (Å²) in [6.45, 7) is 7.70. The van der Waals surface area contributed by atoms with Crippen molar-refractivity contribution in [1.29, 1.82) is 0 Å². The first-order valence-corrected chi connectivity index (χ1v) is 12.1. The van der Waals surface area contributed by atoms with Gasteiger partial charge in [-0.15, -0.1) is 0 Å². The Morgan fingerprint density at radius 1 is 1.00 bits per heavy atom. The molecule has 1 aromatic heterocycles. The van der Waals surface area contributed by atoms with Crippen LogP contribution in [-0.4, -0.2) is 54.7 Å². The summed E-state index contributed by atoms with van der Waals surface area (Å²) in [7, 11) is -3.57. The van der Waals surface area contributed by atoms with Crippen molar-refractivity contribution in [2.24, 2.45) is 0 Å². The summed E-state index contributed by atoms with van der Waals surface area (Å²) in [5, 5.41) is 0. The van der Waals surface area contributed by atoms with Crippen LogP contribution in [0.5, 0.6) is 0 Å². The van der Waals surface area contributed by atoms with E-state index in [2.05, 4.69) is 15.8 Å². The van der Waals surface area contributed by atoms with Gasteiger partial charge in [0.15, 0.2) is 0 Å². The minimum Gasteiger partial charge on any atom is -0.459 e. The number of aromatic nitrogens is 1. The molecule has 1 aromatic carbocycles. The van der Waals surface area contributed by atoms with Crippen LogP contribution in [-0.2, 0) is 14.8 Å². The lowest BCUT2D eigenvalue weighted by atomic mass is 10.1. The van der Waals surface area contributed by atoms with E-state index in [-0.39, 0.29) is 27.8 Å². The molecule has 10 nitrogen and oxygen atoms in total.